The fraction of sp³-hybridized carbons (Fsp3) is 0. The summed E-state index contributed by atoms with van der Waals surface area (Å²) in [6, 6.07) is 19.3. The van der Waals surface area contributed by atoms with Crippen LogP contribution in [-0.2, 0) is 19.5 Å². The van der Waals surface area contributed by atoms with Crippen LogP contribution in [0.25, 0.3) is 10.9 Å². The van der Waals surface area contributed by atoms with Gasteiger partial charge in [0.15, 0.2) is 0 Å². The monoisotopic (exact) mass is 374 g/mol. The van der Waals surface area contributed by atoms with Gasteiger partial charge in [0.2, 0.25) is 0 Å². The molecule has 0 amide bonds. The van der Waals surface area contributed by atoms with Gasteiger partial charge in [0.1, 0.15) is 11.3 Å². The third-order valence-electron chi connectivity index (χ3n) is 2.39. The molecule has 0 aliphatic heterocycles. The number of phenols is 1. The number of anilines is 1. The smallest absolute Gasteiger partial charge is 1.00 e. The van der Waals surface area contributed by atoms with Gasteiger partial charge >= 0.3 is 19.5 Å². The average Bonchev–Trinajstić information content (AvgIpc) is 2.46. The fourth-order valence-electron chi connectivity index (χ4n) is 1.52. The van der Waals surface area contributed by atoms with E-state index in [0.29, 0.717) is 11.2 Å². The van der Waals surface area contributed by atoms with Gasteiger partial charge in [-0.2, -0.15) is 36.4 Å². The van der Waals surface area contributed by atoms with E-state index >= 15 is 0 Å². The molecule has 0 fully saturated rings. The zero-order valence-corrected chi connectivity index (χ0v) is 13.0. The Morgan fingerprint density at radius 1 is 1.00 bits per heavy atom. The number of nitrogen functional groups attached to an aromatic ring is 1. The van der Waals surface area contributed by atoms with Crippen LogP contribution in [0.2, 0.25) is 0 Å². The van der Waals surface area contributed by atoms with Gasteiger partial charge in [-0.3, -0.25) is 4.98 Å². The van der Waals surface area contributed by atoms with E-state index in [0.717, 1.165) is 5.39 Å². The number of fused-ring (bicyclic) bond motifs is 1. The van der Waals surface area contributed by atoms with Gasteiger partial charge in [0, 0.05) is 17.3 Å². The molecule has 0 aliphatic rings. The molecule has 0 atom stereocenters. The maximum Gasteiger partial charge on any atom is 2.00 e. The van der Waals surface area contributed by atoms with E-state index in [2.05, 4.69) is 11.1 Å². The second-order valence-electron chi connectivity index (χ2n) is 3.65. The predicted octanol–water partition coefficient (Wildman–Crippen LogP) is 0.0109. The minimum atomic E-state index is 0. The SMILES string of the molecule is Nc1ccc(O)c2ncccc12.[Cl-].[Ru+2].[c-]1ccccc1. The molecule has 20 heavy (non-hydrogen) atoms. The number of nitrogens with zero attached hydrogens (tertiary/aromatic N) is 1. The van der Waals surface area contributed by atoms with Crippen molar-refractivity contribution in [1.82, 2.24) is 4.98 Å². The van der Waals surface area contributed by atoms with Crippen molar-refractivity contribution < 1.29 is 37.0 Å². The Morgan fingerprint density at radius 3 is 2.20 bits per heavy atom. The Bertz CT molecular complexity index is 568. The van der Waals surface area contributed by atoms with Crippen molar-refractivity contribution >= 4 is 16.6 Å². The summed E-state index contributed by atoms with van der Waals surface area (Å²) in [6.45, 7) is 0. The first-order valence-electron chi connectivity index (χ1n) is 5.52. The summed E-state index contributed by atoms with van der Waals surface area (Å²) in [6.07, 6.45) is 1.63. The van der Waals surface area contributed by atoms with E-state index in [4.69, 9.17) is 5.73 Å². The van der Waals surface area contributed by atoms with Crippen LogP contribution >= 0.6 is 0 Å². The second kappa shape index (κ2) is 9.30. The number of halogens is 1. The van der Waals surface area contributed by atoms with Crippen molar-refractivity contribution in [3.8, 4) is 5.75 Å². The first-order chi connectivity index (χ1) is 8.79. The summed E-state index contributed by atoms with van der Waals surface area (Å²) in [5.41, 5.74) is 6.86. The van der Waals surface area contributed by atoms with E-state index in [1.54, 1.807) is 24.4 Å². The van der Waals surface area contributed by atoms with Crippen LogP contribution in [0.15, 0.2) is 60.8 Å². The van der Waals surface area contributed by atoms with Gasteiger partial charge in [-0.25, -0.2) is 0 Å². The van der Waals surface area contributed by atoms with Crippen LogP contribution in [0, 0.1) is 6.07 Å². The molecule has 2 aromatic carbocycles. The van der Waals surface area contributed by atoms with E-state index in [1.165, 1.54) is 0 Å². The number of rotatable bonds is 0. The van der Waals surface area contributed by atoms with Crippen LogP contribution < -0.4 is 18.1 Å². The zero-order valence-electron chi connectivity index (χ0n) is 10.5. The number of hydrogen-bond acceptors (Lipinski definition) is 3. The number of benzene rings is 2. The van der Waals surface area contributed by atoms with Crippen molar-refractivity contribution in [2.45, 2.75) is 0 Å². The predicted molar refractivity (Wildman–Crippen MR) is 73.1 cm³/mol. The molecule has 0 spiro atoms. The van der Waals surface area contributed by atoms with Crippen molar-refractivity contribution in [3.63, 3.8) is 0 Å². The first-order valence-corrected chi connectivity index (χ1v) is 5.52. The third-order valence-corrected chi connectivity index (χ3v) is 2.39. The number of pyridine rings is 1. The molecule has 3 N–H and O–H groups in total. The van der Waals surface area contributed by atoms with Gasteiger partial charge in [-0.1, -0.05) is 0 Å². The molecule has 0 saturated heterocycles. The number of phenolic OH excluding ortho intramolecular Hbond substituents is 1. The van der Waals surface area contributed by atoms with Gasteiger partial charge in [-0.15, -0.1) is 0 Å². The van der Waals surface area contributed by atoms with Gasteiger partial charge < -0.3 is 23.2 Å². The minimum Gasteiger partial charge on any atom is -1.00 e. The average molecular weight is 374 g/mol. The van der Waals surface area contributed by atoms with E-state index in [9.17, 15) is 5.11 Å². The Balaban J connectivity index is 0.000000390. The molecule has 0 unspecified atom stereocenters. The van der Waals surface area contributed by atoms with Gasteiger partial charge in [-0.05, 0) is 24.3 Å². The minimum absolute atomic E-state index is 0. The Hall–Kier alpha value is -1.64. The number of aromatic nitrogens is 1. The largest absolute Gasteiger partial charge is 2.00 e. The fourth-order valence-corrected chi connectivity index (χ4v) is 1.52. The van der Waals surface area contributed by atoms with Gasteiger partial charge in [0.25, 0.3) is 0 Å². The molecule has 5 heteroatoms. The van der Waals surface area contributed by atoms with E-state index in [-0.39, 0.29) is 37.6 Å². The van der Waals surface area contributed by atoms with Crippen LogP contribution in [-0.4, -0.2) is 10.1 Å². The number of hydrogen-bond donors (Lipinski definition) is 2. The quantitative estimate of drug-likeness (QED) is 0.253. The molecule has 1 heterocycles. The zero-order chi connectivity index (χ0) is 12.8. The topological polar surface area (TPSA) is 59.1 Å². The molecule has 3 rings (SSSR count). The summed E-state index contributed by atoms with van der Waals surface area (Å²) in [5.74, 6) is 0.166. The number of aromatic hydroxyl groups is 1. The van der Waals surface area contributed by atoms with Crippen LogP contribution in [0.3, 0.4) is 0 Å². The first kappa shape index (κ1) is 18.4. The molecule has 104 valence electrons. The van der Waals surface area contributed by atoms with E-state index in [1.807, 2.05) is 36.4 Å². The molecule has 0 radical (unpaired) electrons. The Morgan fingerprint density at radius 2 is 1.70 bits per heavy atom. The molecule has 1 aromatic heterocycles. The van der Waals surface area contributed by atoms with Crippen molar-refractivity contribution in [1.29, 1.82) is 0 Å². The van der Waals surface area contributed by atoms with Crippen molar-refractivity contribution in [3.05, 3.63) is 66.9 Å². The Kier molecular flexibility index (Phi) is 8.54. The number of nitrogens with two attached hydrogens (primary N) is 1. The molecule has 3 aromatic rings. The molecule has 0 aliphatic carbocycles. The molecular weight excluding hydrogens is 361 g/mol. The van der Waals surface area contributed by atoms with Crippen molar-refractivity contribution in [2.24, 2.45) is 0 Å². The molecule has 0 bridgehead atoms. The van der Waals surface area contributed by atoms with Crippen LogP contribution in [0.4, 0.5) is 5.69 Å². The van der Waals surface area contributed by atoms with Gasteiger partial charge in [0.05, 0.1) is 0 Å². The molecular formula is C15H13ClN2ORu. The summed E-state index contributed by atoms with van der Waals surface area (Å²) in [7, 11) is 0. The van der Waals surface area contributed by atoms with E-state index < -0.39 is 0 Å². The molecule has 3 nitrogen and oxygen atoms in total. The second-order valence-corrected chi connectivity index (χ2v) is 3.65. The normalized spacial score (nSPS) is 8.60. The Labute approximate surface area is 137 Å². The maximum absolute atomic E-state index is 9.38. The van der Waals surface area contributed by atoms with Crippen molar-refractivity contribution in [2.75, 3.05) is 5.73 Å². The van der Waals surface area contributed by atoms with Crippen LogP contribution in [0.5, 0.6) is 5.75 Å². The van der Waals surface area contributed by atoms with Crippen LogP contribution in [0.1, 0.15) is 0 Å². The maximum atomic E-state index is 9.38. The third kappa shape index (κ3) is 4.80. The molecule has 0 saturated carbocycles. The summed E-state index contributed by atoms with van der Waals surface area (Å²) < 4.78 is 0. The summed E-state index contributed by atoms with van der Waals surface area (Å²) in [5, 5.41) is 10.2. The standard InChI is InChI=1S/C9H8N2O.C6H5.ClH.Ru/c10-7-3-4-8(12)9-6(7)2-1-5-11-9;1-2-4-6-5-3-1;;/h1-5,12H,10H2;1-5H;1H;/q;-1;;+2/p-1. The summed E-state index contributed by atoms with van der Waals surface area (Å²) >= 11 is 0. The summed E-state index contributed by atoms with van der Waals surface area (Å²) in [4.78, 5) is 4.01.